The summed E-state index contributed by atoms with van der Waals surface area (Å²) in [5.41, 5.74) is 4.21. The Hall–Kier alpha value is -3.62. The standard InChI is InChI=1S/C21H19F2N5O2/c1-12-17(10-24-21(26-12)30-3)15-6-4-14(28-11-25-27-20(15)28)5-7-16-18(23)8-13(22)9-19(16)29-2/h4,6,8-11H,5,7H2,1-3H3. The van der Waals surface area contributed by atoms with E-state index < -0.39 is 11.6 Å². The second-order valence-electron chi connectivity index (χ2n) is 6.69. The fourth-order valence-corrected chi connectivity index (χ4v) is 3.44. The first kappa shape index (κ1) is 19.7. The number of hydrogen-bond acceptors (Lipinski definition) is 6. The molecular weight excluding hydrogens is 392 g/mol. The van der Waals surface area contributed by atoms with Gasteiger partial charge in [-0.05, 0) is 31.9 Å². The first-order valence-electron chi connectivity index (χ1n) is 9.23. The van der Waals surface area contributed by atoms with Crippen LogP contribution in [0.1, 0.15) is 17.0 Å². The lowest BCUT2D eigenvalue weighted by molar-refractivity contribution is 0.379. The van der Waals surface area contributed by atoms with Crippen molar-refractivity contribution in [2.24, 2.45) is 0 Å². The van der Waals surface area contributed by atoms with Gasteiger partial charge in [-0.15, -0.1) is 10.2 Å². The third kappa shape index (κ3) is 3.54. The predicted octanol–water partition coefficient (Wildman–Crippen LogP) is 3.58. The smallest absolute Gasteiger partial charge is 0.316 e. The van der Waals surface area contributed by atoms with E-state index in [9.17, 15) is 8.78 Å². The summed E-state index contributed by atoms with van der Waals surface area (Å²) in [6.07, 6.45) is 4.09. The summed E-state index contributed by atoms with van der Waals surface area (Å²) in [7, 11) is 2.91. The summed E-state index contributed by atoms with van der Waals surface area (Å²) >= 11 is 0. The van der Waals surface area contributed by atoms with Crippen LogP contribution in [-0.4, -0.2) is 38.8 Å². The highest BCUT2D eigenvalue weighted by atomic mass is 19.1. The zero-order valence-corrected chi connectivity index (χ0v) is 16.7. The van der Waals surface area contributed by atoms with E-state index in [0.717, 1.165) is 28.6 Å². The predicted molar refractivity (Wildman–Crippen MR) is 106 cm³/mol. The second-order valence-corrected chi connectivity index (χ2v) is 6.69. The van der Waals surface area contributed by atoms with E-state index in [2.05, 4.69) is 20.2 Å². The van der Waals surface area contributed by atoms with Crippen molar-refractivity contribution in [1.29, 1.82) is 0 Å². The molecule has 0 aliphatic carbocycles. The van der Waals surface area contributed by atoms with Crippen molar-refractivity contribution in [3.8, 4) is 22.9 Å². The van der Waals surface area contributed by atoms with Crippen LogP contribution in [0, 0.1) is 18.6 Å². The van der Waals surface area contributed by atoms with Gasteiger partial charge in [-0.2, -0.15) is 4.98 Å². The van der Waals surface area contributed by atoms with Gasteiger partial charge >= 0.3 is 6.01 Å². The van der Waals surface area contributed by atoms with Crippen molar-refractivity contribution >= 4 is 5.65 Å². The molecule has 0 fully saturated rings. The summed E-state index contributed by atoms with van der Waals surface area (Å²) in [6, 6.07) is 6.17. The van der Waals surface area contributed by atoms with Gasteiger partial charge in [0.05, 0.1) is 19.9 Å². The molecule has 3 aromatic heterocycles. The van der Waals surface area contributed by atoms with E-state index in [1.54, 1.807) is 12.5 Å². The maximum Gasteiger partial charge on any atom is 0.316 e. The largest absolute Gasteiger partial charge is 0.496 e. The molecule has 4 aromatic rings. The van der Waals surface area contributed by atoms with E-state index in [4.69, 9.17) is 9.47 Å². The third-order valence-electron chi connectivity index (χ3n) is 4.94. The first-order chi connectivity index (χ1) is 14.5. The molecule has 0 aliphatic heterocycles. The van der Waals surface area contributed by atoms with E-state index in [0.29, 0.717) is 30.1 Å². The van der Waals surface area contributed by atoms with Crippen molar-refractivity contribution in [3.63, 3.8) is 0 Å². The van der Waals surface area contributed by atoms with Gasteiger partial charge in [0.2, 0.25) is 0 Å². The molecule has 0 spiro atoms. The minimum atomic E-state index is -0.671. The molecule has 0 saturated heterocycles. The summed E-state index contributed by atoms with van der Waals surface area (Å²) < 4.78 is 39.8. The Kier molecular flexibility index (Phi) is 5.26. The molecule has 0 saturated carbocycles. The molecular formula is C21H19F2N5O2. The molecule has 1 aromatic carbocycles. The van der Waals surface area contributed by atoms with Crippen LogP contribution in [-0.2, 0) is 12.8 Å². The van der Waals surface area contributed by atoms with E-state index >= 15 is 0 Å². The Bertz CT molecular complexity index is 1230. The molecule has 7 nitrogen and oxygen atoms in total. The van der Waals surface area contributed by atoms with Crippen LogP contribution in [0.15, 0.2) is 36.8 Å². The minimum absolute atomic E-state index is 0.190. The molecule has 154 valence electrons. The quantitative estimate of drug-likeness (QED) is 0.483. The summed E-state index contributed by atoms with van der Waals surface area (Å²) in [4.78, 5) is 8.50. The van der Waals surface area contributed by atoms with Crippen molar-refractivity contribution in [2.45, 2.75) is 19.8 Å². The lowest BCUT2D eigenvalue weighted by Crippen LogP contribution is -2.04. The lowest BCUT2D eigenvalue weighted by atomic mass is 10.0. The molecule has 0 atom stereocenters. The number of nitrogens with zero attached hydrogens (tertiary/aromatic N) is 5. The van der Waals surface area contributed by atoms with Gasteiger partial charge in [-0.1, -0.05) is 0 Å². The third-order valence-corrected chi connectivity index (χ3v) is 4.94. The van der Waals surface area contributed by atoms with Gasteiger partial charge in [0.1, 0.15) is 23.7 Å². The minimum Gasteiger partial charge on any atom is -0.496 e. The van der Waals surface area contributed by atoms with Crippen LogP contribution >= 0.6 is 0 Å². The van der Waals surface area contributed by atoms with Gasteiger partial charge < -0.3 is 9.47 Å². The van der Waals surface area contributed by atoms with Gasteiger partial charge in [0, 0.05) is 40.7 Å². The second kappa shape index (κ2) is 8.02. The Morgan fingerprint density at radius 3 is 2.60 bits per heavy atom. The molecule has 3 heterocycles. The molecule has 4 rings (SSSR count). The lowest BCUT2D eigenvalue weighted by Gasteiger charge is -2.12. The fraction of sp³-hybridized carbons (Fsp3) is 0.238. The van der Waals surface area contributed by atoms with Crippen molar-refractivity contribution in [3.05, 3.63) is 65.4 Å². The van der Waals surface area contributed by atoms with Crippen molar-refractivity contribution in [1.82, 2.24) is 24.6 Å². The highest BCUT2D eigenvalue weighted by Gasteiger charge is 2.16. The number of benzene rings is 1. The molecule has 0 N–H and O–H groups in total. The van der Waals surface area contributed by atoms with Crippen molar-refractivity contribution < 1.29 is 18.3 Å². The molecule has 0 aliphatic rings. The van der Waals surface area contributed by atoms with Crippen molar-refractivity contribution in [2.75, 3.05) is 14.2 Å². The summed E-state index contributed by atoms with van der Waals surface area (Å²) in [6.45, 7) is 1.86. The highest BCUT2D eigenvalue weighted by molar-refractivity contribution is 5.78. The molecule has 9 heteroatoms. The number of pyridine rings is 1. The van der Waals surface area contributed by atoms with Crippen LogP contribution in [0.2, 0.25) is 0 Å². The SMILES string of the molecule is COc1ncc(-c2ccc(CCc3c(F)cc(F)cc3OC)n3cnnc23)c(C)n1. The van der Waals surface area contributed by atoms with E-state index in [1.807, 2.05) is 23.5 Å². The number of aromatic nitrogens is 5. The van der Waals surface area contributed by atoms with E-state index in [1.165, 1.54) is 20.3 Å². The molecule has 0 bridgehead atoms. The maximum absolute atomic E-state index is 14.3. The number of methoxy groups -OCH3 is 2. The van der Waals surface area contributed by atoms with Crippen LogP contribution in [0.25, 0.3) is 16.8 Å². The number of hydrogen-bond donors (Lipinski definition) is 0. The summed E-state index contributed by atoms with van der Waals surface area (Å²) in [5, 5.41) is 8.26. The van der Waals surface area contributed by atoms with Gasteiger partial charge in [-0.3, -0.25) is 4.40 Å². The summed E-state index contributed by atoms with van der Waals surface area (Å²) in [5.74, 6) is -1.11. The monoisotopic (exact) mass is 411 g/mol. The average Bonchev–Trinajstić information content (AvgIpc) is 3.23. The molecule has 0 unspecified atom stereocenters. The number of rotatable bonds is 6. The van der Waals surface area contributed by atoms with Crippen LogP contribution in [0.5, 0.6) is 11.8 Å². The number of halogens is 2. The Labute approximate surface area is 171 Å². The Morgan fingerprint density at radius 2 is 1.87 bits per heavy atom. The first-order valence-corrected chi connectivity index (χ1v) is 9.23. The molecule has 0 amide bonds. The van der Waals surface area contributed by atoms with Gasteiger partial charge in [0.25, 0.3) is 0 Å². The normalized spacial score (nSPS) is 11.1. The number of ether oxygens (including phenoxy) is 2. The maximum atomic E-state index is 14.3. The Balaban J connectivity index is 1.69. The molecule has 0 radical (unpaired) electrons. The zero-order valence-electron chi connectivity index (χ0n) is 16.7. The molecule has 30 heavy (non-hydrogen) atoms. The number of fused-ring (bicyclic) bond motifs is 1. The van der Waals surface area contributed by atoms with Crippen LogP contribution in [0.4, 0.5) is 8.78 Å². The average molecular weight is 411 g/mol. The highest BCUT2D eigenvalue weighted by Crippen LogP contribution is 2.29. The van der Waals surface area contributed by atoms with Gasteiger partial charge in [-0.25, -0.2) is 13.8 Å². The fourth-order valence-electron chi connectivity index (χ4n) is 3.44. The topological polar surface area (TPSA) is 74.4 Å². The van der Waals surface area contributed by atoms with E-state index in [-0.39, 0.29) is 5.75 Å². The van der Waals surface area contributed by atoms with Crippen LogP contribution in [0.3, 0.4) is 0 Å². The zero-order chi connectivity index (χ0) is 21.3. The Morgan fingerprint density at radius 1 is 1.03 bits per heavy atom. The van der Waals surface area contributed by atoms with Gasteiger partial charge in [0.15, 0.2) is 5.65 Å². The van der Waals surface area contributed by atoms with Crippen LogP contribution < -0.4 is 9.47 Å². The number of aryl methyl sites for hydroxylation is 2.